The van der Waals surface area contributed by atoms with Gasteiger partial charge in [0.15, 0.2) is 0 Å². The summed E-state index contributed by atoms with van der Waals surface area (Å²) in [5.74, 6) is -1.63. The number of pyridine rings is 1. The Bertz CT molecular complexity index is 1380. The van der Waals surface area contributed by atoms with Gasteiger partial charge in [0, 0.05) is 37.8 Å². The zero-order valence-electron chi connectivity index (χ0n) is 19.2. The molecule has 1 aromatic carbocycles. The minimum absolute atomic E-state index is 0.0727. The largest absolute Gasteiger partial charge is 0.363 e. The van der Waals surface area contributed by atoms with E-state index in [1.54, 1.807) is 13.0 Å². The van der Waals surface area contributed by atoms with Gasteiger partial charge in [-0.2, -0.15) is 0 Å². The maximum absolute atomic E-state index is 14.3. The third kappa shape index (κ3) is 3.23. The summed E-state index contributed by atoms with van der Waals surface area (Å²) in [6.45, 7) is 6.63. The Labute approximate surface area is 204 Å². The average Bonchev–Trinajstić information content (AvgIpc) is 3.50. The maximum atomic E-state index is 14.3. The van der Waals surface area contributed by atoms with Gasteiger partial charge in [-0.25, -0.2) is 18.7 Å². The highest BCUT2D eigenvalue weighted by atomic mass is 79.9. The van der Waals surface area contributed by atoms with Crippen LogP contribution in [0.2, 0.25) is 0 Å². The Morgan fingerprint density at radius 1 is 1.18 bits per heavy atom. The second-order valence-electron chi connectivity index (χ2n) is 9.94. The van der Waals surface area contributed by atoms with Gasteiger partial charge in [-0.15, -0.1) is 0 Å². The third-order valence-corrected chi connectivity index (χ3v) is 8.58. The van der Waals surface area contributed by atoms with E-state index in [4.69, 9.17) is 0 Å². The van der Waals surface area contributed by atoms with E-state index >= 15 is 0 Å². The molecule has 2 fully saturated rings. The van der Waals surface area contributed by atoms with E-state index in [1.165, 1.54) is 6.07 Å². The Hall–Kier alpha value is -2.39. The molecule has 0 saturated carbocycles. The summed E-state index contributed by atoms with van der Waals surface area (Å²) in [5.41, 5.74) is 2.00. The van der Waals surface area contributed by atoms with Gasteiger partial charge in [-0.3, -0.25) is 4.79 Å². The Balaban J connectivity index is 1.46. The number of rotatable bonds is 4. The van der Waals surface area contributed by atoms with Crippen LogP contribution in [-0.2, 0) is 17.9 Å². The van der Waals surface area contributed by atoms with Crippen LogP contribution < -0.4 is 10.9 Å². The minimum atomic E-state index is -2.78. The molecule has 1 aliphatic carbocycles. The number of aryl methyl sites for hydroxylation is 1. The average molecular weight is 530 g/mol. The molecule has 2 aliphatic heterocycles. The lowest BCUT2D eigenvalue weighted by molar-refractivity contribution is -0.00184. The molecule has 4 heterocycles. The smallest absolute Gasteiger partial charge is 0.273 e. The predicted molar refractivity (Wildman–Crippen MR) is 131 cm³/mol. The van der Waals surface area contributed by atoms with Crippen molar-refractivity contribution in [3.05, 3.63) is 61.7 Å². The van der Waals surface area contributed by atoms with Crippen LogP contribution in [0.4, 0.5) is 14.6 Å². The number of fused-ring (bicyclic) bond motifs is 4. The van der Waals surface area contributed by atoms with Crippen LogP contribution in [0.15, 0.2) is 33.7 Å². The van der Waals surface area contributed by atoms with Crippen molar-refractivity contribution in [3.8, 4) is 0 Å². The summed E-state index contributed by atoms with van der Waals surface area (Å²) >= 11 is 3.53. The quantitative estimate of drug-likeness (QED) is 0.521. The first-order valence-electron chi connectivity index (χ1n) is 11.8. The van der Waals surface area contributed by atoms with Crippen LogP contribution >= 0.6 is 15.9 Å². The first-order chi connectivity index (χ1) is 16.2. The minimum Gasteiger partial charge on any atom is -0.363 e. The van der Waals surface area contributed by atoms with E-state index in [0.29, 0.717) is 28.1 Å². The summed E-state index contributed by atoms with van der Waals surface area (Å²) in [5, 5.41) is 4.21. The molecular formula is C25H26BrF2N5O. The van der Waals surface area contributed by atoms with E-state index in [2.05, 4.69) is 36.1 Å². The lowest BCUT2D eigenvalue weighted by Gasteiger charge is -2.29. The van der Waals surface area contributed by atoms with Gasteiger partial charge in [-0.1, -0.05) is 18.2 Å². The molecule has 34 heavy (non-hydrogen) atoms. The van der Waals surface area contributed by atoms with Crippen LogP contribution in [0.25, 0.3) is 10.9 Å². The van der Waals surface area contributed by atoms with Gasteiger partial charge in [0.2, 0.25) is 0 Å². The SMILES string of the molecule is Cc1nc(N[C@H](C)c2cccc3c2CCC3(F)F)c2cn(C34CCN(CC3)C4)c(=O)c(Br)c2n1. The predicted octanol–water partition coefficient (Wildman–Crippen LogP) is 4.88. The van der Waals surface area contributed by atoms with Crippen molar-refractivity contribution in [1.29, 1.82) is 0 Å². The molecule has 3 aromatic rings. The van der Waals surface area contributed by atoms with Gasteiger partial charge in [0.05, 0.1) is 22.5 Å². The normalized spacial score (nSPS) is 25.6. The lowest BCUT2D eigenvalue weighted by Crippen LogP contribution is -2.40. The van der Waals surface area contributed by atoms with Crippen LogP contribution in [0.5, 0.6) is 0 Å². The second kappa shape index (κ2) is 7.55. The summed E-state index contributed by atoms with van der Waals surface area (Å²) in [4.78, 5) is 25.0. The number of piperidine rings is 1. The van der Waals surface area contributed by atoms with Crippen molar-refractivity contribution in [2.45, 2.75) is 57.0 Å². The van der Waals surface area contributed by atoms with Crippen LogP contribution in [0, 0.1) is 6.92 Å². The summed E-state index contributed by atoms with van der Waals surface area (Å²) in [6.07, 6.45) is 4.00. The molecule has 0 radical (unpaired) electrons. The number of anilines is 1. The highest BCUT2D eigenvalue weighted by molar-refractivity contribution is 9.10. The van der Waals surface area contributed by atoms with Crippen molar-refractivity contribution < 1.29 is 8.78 Å². The fourth-order valence-corrected chi connectivity index (χ4v) is 6.57. The highest BCUT2D eigenvalue weighted by Gasteiger charge is 2.46. The zero-order chi connectivity index (χ0) is 23.8. The van der Waals surface area contributed by atoms with E-state index in [1.807, 2.05) is 23.8 Å². The van der Waals surface area contributed by atoms with Gasteiger partial charge in [0.25, 0.3) is 11.5 Å². The Morgan fingerprint density at radius 2 is 1.94 bits per heavy atom. The molecule has 6 nitrogen and oxygen atoms in total. The molecule has 6 rings (SSSR count). The number of halogens is 3. The molecule has 178 valence electrons. The molecule has 2 saturated heterocycles. The van der Waals surface area contributed by atoms with Crippen LogP contribution in [-0.4, -0.2) is 39.1 Å². The van der Waals surface area contributed by atoms with E-state index in [9.17, 15) is 13.6 Å². The Morgan fingerprint density at radius 3 is 2.65 bits per heavy atom. The topological polar surface area (TPSA) is 63.1 Å². The summed E-state index contributed by atoms with van der Waals surface area (Å²) in [7, 11) is 0. The number of benzene rings is 1. The number of hydrogen-bond acceptors (Lipinski definition) is 5. The molecule has 1 atom stereocenters. The number of alkyl halides is 2. The molecule has 0 unspecified atom stereocenters. The van der Waals surface area contributed by atoms with Gasteiger partial charge < -0.3 is 14.8 Å². The zero-order valence-corrected chi connectivity index (χ0v) is 20.8. The van der Waals surface area contributed by atoms with Crippen molar-refractivity contribution in [1.82, 2.24) is 19.4 Å². The molecule has 0 amide bonds. The van der Waals surface area contributed by atoms with Crippen molar-refractivity contribution in [3.63, 3.8) is 0 Å². The van der Waals surface area contributed by atoms with E-state index < -0.39 is 5.92 Å². The Kier molecular flexibility index (Phi) is 4.91. The number of nitrogens with one attached hydrogen (secondary N) is 1. The van der Waals surface area contributed by atoms with Crippen molar-refractivity contribution in [2.24, 2.45) is 0 Å². The number of nitrogens with zero attached hydrogens (tertiary/aromatic N) is 4. The van der Waals surface area contributed by atoms with Gasteiger partial charge in [0.1, 0.15) is 16.1 Å². The van der Waals surface area contributed by atoms with E-state index in [-0.39, 0.29) is 29.1 Å². The van der Waals surface area contributed by atoms with Crippen molar-refractivity contribution >= 4 is 32.7 Å². The van der Waals surface area contributed by atoms with Crippen LogP contribution in [0.1, 0.15) is 54.7 Å². The lowest BCUT2D eigenvalue weighted by atomic mass is 9.94. The summed E-state index contributed by atoms with van der Waals surface area (Å²) in [6, 6.07) is 4.90. The number of hydrogen-bond donors (Lipinski definition) is 1. The van der Waals surface area contributed by atoms with Gasteiger partial charge in [-0.05, 0) is 60.2 Å². The highest BCUT2D eigenvalue weighted by Crippen LogP contribution is 2.44. The van der Waals surface area contributed by atoms with E-state index in [0.717, 1.165) is 49.0 Å². The molecule has 2 bridgehead atoms. The second-order valence-corrected chi connectivity index (χ2v) is 10.7. The fraction of sp³-hybridized carbons (Fsp3) is 0.480. The molecule has 9 heteroatoms. The van der Waals surface area contributed by atoms with Crippen molar-refractivity contribution in [2.75, 3.05) is 25.0 Å². The molecular weight excluding hydrogens is 504 g/mol. The number of aromatic nitrogens is 3. The van der Waals surface area contributed by atoms with Crippen LogP contribution in [0.3, 0.4) is 0 Å². The standard InChI is InChI=1S/C25H26BrF2N5O/c1-14(16-4-3-5-19-17(16)6-7-25(19,27)28)29-22-18-12-33(24-8-10-32(13-24)11-9-24)23(34)20(26)21(18)30-15(2)31-22/h3-5,12,14H,6-11,13H2,1-2H3,(H,29,30,31)/t14-/m1/s1. The first kappa shape index (κ1) is 22.1. The maximum Gasteiger partial charge on any atom is 0.273 e. The third-order valence-electron chi connectivity index (χ3n) is 7.86. The fourth-order valence-electron chi connectivity index (χ4n) is 6.08. The molecule has 1 N–H and O–H groups in total. The van der Waals surface area contributed by atoms with Gasteiger partial charge >= 0.3 is 0 Å². The monoisotopic (exact) mass is 529 g/mol. The molecule has 0 spiro atoms. The molecule has 2 aromatic heterocycles. The summed E-state index contributed by atoms with van der Waals surface area (Å²) < 4.78 is 31.0. The first-order valence-corrected chi connectivity index (χ1v) is 12.6. The molecule has 3 aliphatic rings.